The van der Waals surface area contributed by atoms with E-state index in [9.17, 15) is 9.59 Å². The van der Waals surface area contributed by atoms with Crippen molar-refractivity contribution < 1.29 is 23.8 Å². The molecule has 0 fully saturated rings. The summed E-state index contributed by atoms with van der Waals surface area (Å²) in [6.45, 7) is -0.00849. The molecule has 0 saturated heterocycles. The predicted octanol–water partition coefficient (Wildman–Crippen LogP) is 1.70. The van der Waals surface area contributed by atoms with Crippen LogP contribution in [0.15, 0.2) is 53.6 Å². The van der Waals surface area contributed by atoms with Crippen molar-refractivity contribution in [3.63, 3.8) is 0 Å². The molecular weight excluding hydrogens is 362 g/mol. The van der Waals surface area contributed by atoms with Gasteiger partial charge in [0.15, 0.2) is 11.5 Å². The molecule has 3 rings (SSSR count). The van der Waals surface area contributed by atoms with Crippen molar-refractivity contribution in [2.45, 2.75) is 0 Å². The molecule has 1 aliphatic rings. The largest absolute Gasteiger partial charge is 0.496 e. The van der Waals surface area contributed by atoms with Crippen LogP contribution in [0.2, 0.25) is 0 Å². The molecule has 8 heteroatoms. The number of hydrazone groups is 1. The van der Waals surface area contributed by atoms with E-state index < -0.39 is 11.8 Å². The number of para-hydroxylation sites is 1. The minimum absolute atomic E-state index is 0.192. The number of methoxy groups -OCH3 is 1. The molecule has 1 aliphatic heterocycles. The quantitative estimate of drug-likeness (QED) is 0.432. The van der Waals surface area contributed by atoms with Crippen molar-refractivity contribution >= 4 is 24.1 Å². The maximum Gasteiger partial charge on any atom is 0.259 e. The lowest BCUT2D eigenvalue weighted by Gasteiger charge is -2.04. The zero-order chi connectivity index (χ0) is 19.8. The number of nitrogens with one attached hydrogen (secondary N) is 2. The van der Waals surface area contributed by atoms with Gasteiger partial charge in [-0.2, -0.15) is 5.10 Å². The summed E-state index contributed by atoms with van der Waals surface area (Å²) in [5.41, 5.74) is 3.85. The molecule has 2 aromatic carbocycles. The molecule has 0 radical (unpaired) electrons. The molecule has 0 atom stereocenters. The standard InChI is InChI=1S/C20H19N3O5/c1-26-16-5-3-2-4-15(16)7-9-19(24)21-12-20(25)23-22-11-14-6-8-17-18(10-14)28-13-27-17/h2-11H,12-13H2,1H3,(H,21,24)(H,23,25)/b9-7+,22-11?. The van der Waals surface area contributed by atoms with Gasteiger partial charge in [-0.15, -0.1) is 0 Å². The highest BCUT2D eigenvalue weighted by Gasteiger charge is 2.12. The lowest BCUT2D eigenvalue weighted by Crippen LogP contribution is -2.34. The summed E-state index contributed by atoms with van der Waals surface area (Å²) in [5, 5.41) is 6.34. The molecule has 2 amide bonds. The van der Waals surface area contributed by atoms with E-state index in [2.05, 4.69) is 15.8 Å². The first-order chi connectivity index (χ1) is 13.7. The van der Waals surface area contributed by atoms with E-state index in [0.29, 0.717) is 17.2 Å². The number of nitrogens with zero attached hydrogens (tertiary/aromatic N) is 1. The molecule has 0 aromatic heterocycles. The summed E-state index contributed by atoms with van der Waals surface area (Å²) in [7, 11) is 1.56. The lowest BCUT2D eigenvalue weighted by atomic mass is 10.2. The van der Waals surface area contributed by atoms with Crippen LogP contribution < -0.4 is 25.0 Å². The first-order valence-corrected chi connectivity index (χ1v) is 8.46. The number of carbonyl (C=O) groups excluding carboxylic acids is 2. The van der Waals surface area contributed by atoms with Gasteiger partial charge in [0.25, 0.3) is 5.91 Å². The minimum atomic E-state index is -0.448. The Morgan fingerprint density at radius 3 is 2.86 bits per heavy atom. The van der Waals surface area contributed by atoms with Gasteiger partial charge in [-0.1, -0.05) is 18.2 Å². The van der Waals surface area contributed by atoms with Crippen LogP contribution >= 0.6 is 0 Å². The summed E-state index contributed by atoms with van der Waals surface area (Å²) < 4.78 is 15.7. The first-order valence-electron chi connectivity index (χ1n) is 8.46. The average Bonchev–Trinajstić information content (AvgIpc) is 3.19. The SMILES string of the molecule is COc1ccccc1/C=C/C(=O)NCC(=O)NN=Cc1ccc2c(c1)OCO2. The Labute approximate surface area is 161 Å². The van der Waals surface area contributed by atoms with Gasteiger partial charge < -0.3 is 19.5 Å². The van der Waals surface area contributed by atoms with Crippen molar-refractivity contribution in [3.8, 4) is 17.2 Å². The normalized spacial score (nSPS) is 12.3. The third kappa shape index (κ3) is 5.10. The Kier molecular flexibility index (Phi) is 6.25. The minimum Gasteiger partial charge on any atom is -0.496 e. The summed E-state index contributed by atoms with van der Waals surface area (Å²) in [4.78, 5) is 23.6. The van der Waals surface area contributed by atoms with Crippen LogP contribution in [0.5, 0.6) is 17.2 Å². The highest BCUT2D eigenvalue weighted by atomic mass is 16.7. The van der Waals surface area contributed by atoms with E-state index in [1.54, 1.807) is 37.5 Å². The fourth-order valence-corrected chi connectivity index (χ4v) is 2.41. The van der Waals surface area contributed by atoms with Crippen molar-refractivity contribution in [1.29, 1.82) is 0 Å². The van der Waals surface area contributed by atoms with Gasteiger partial charge >= 0.3 is 0 Å². The number of fused-ring (bicyclic) bond motifs is 1. The maximum atomic E-state index is 11.8. The third-order valence-electron chi connectivity index (χ3n) is 3.78. The van der Waals surface area contributed by atoms with E-state index in [-0.39, 0.29) is 13.3 Å². The number of benzene rings is 2. The molecule has 0 spiro atoms. The number of rotatable bonds is 7. The Bertz CT molecular complexity index is 924. The van der Waals surface area contributed by atoms with E-state index in [1.807, 2.05) is 18.2 Å². The molecule has 8 nitrogen and oxygen atoms in total. The molecule has 0 unspecified atom stereocenters. The number of carbonyl (C=O) groups is 2. The van der Waals surface area contributed by atoms with Crippen LogP contribution in [0.3, 0.4) is 0 Å². The molecular formula is C20H19N3O5. The molecule has 0 bridgehead atoms. The van der Waals surface area contributed by atoms with Crippen molar-refractivity contribution in [3.05, 3.63) is 59.7 Å². The molecule has 28 heavy (non-hydrogen) atoms. The van der Waals surface area contributed by atoms with E-state index >= 15 is 0 Å². The number of hydrogen-bond acceptors (Lipinski definition) is 6. The number of ether oxygens (including phenoxy) is 3. The molecule has 2 aromatic rings. The van der Waals surface area contributed by atoms with E-state index in [1.165, 1.54) is 12.3 Å². The van der Waals surface area contributed by atoms with E-state index in [4.69, 9.17) is 14.2 Å². The van der Waals surface area contributed by atoms with E-state index in [0.717, 1.165) is 11.1 Å². The second-order valence-corrected chi connectivity index (χ2v) is 5.70. The number of amides is 2. The van der Waals surface area contributed by atoms with Crippen molar-refractivity contribution in [1.82, 2.24) is 10.7 Å². The van der Waals surface area contributed by atoms with Gasteiger partial charge in [0.05, 0.1) is 19.9 Å². The van der Waals surface area contributed by atoms with Gasteiger partial charge in [-0.3, -0.25) is 9.59 Å². The topological polar surface area (TPSA) is 98.2 Å². The maximum absolute atomic E-state index is 11.8. The van der Waals surface area contributed by atoms with Crippen LogP contribution in [0.4, 0.5) is 0 Å². The lowest BCUT2D eigenvalue weighted by molar-refractivity contribution is -0.123. The fraction of sp³-hybridized carbons (Fsp3) is 0.150. The molecule has 144 valence electrons. The molecule has 1 heterocycles. The van der Waals surface area contributed by atoms with Crippen LogP contribution in [0.1, 0.15) is 11.1 Å². The van der Waals surface area contributed by atoms with Crippen molar-refractivity contribution in [2.75, 3.05) is 20.4 Å². The fourth-order valence-electron chi connectivity index (χ4n) is 2.41. The number of hydrogen-bond donors (Lipinski definition) is 2. The van der Waals surface area contributed by atoms with Crippen molar-refractivity contribution in [2.24, 2.45) is 5.10 Å². The smallest absolute Gasteiger partial charge is 0.259 e. The van der Waals surface area contributed by atoms with Gasteiger partial charge in [-0.05, 0) is 35.9 Å². The van der Waals surface area contributed by atoms with Gasteiger partial charge in [0.2, 0.25) is 12.7 Å². The second kappa shape index (κ2) is 9.22. The van der Waals surface area contributed by atoms with Crippen LogP contribution in [0.25, 0.3) is 6.08 Å². The Morgan fingerprint density at radius 2 is 2.00 bits per heavy atom. The molecule has 0 saturated carbocycles. The van der Waals surface area contributed by atoms with Gasteiger partial charge in [-0.25, -0.2) is 5.43 Å². The van der Waals surface area contributed by atoms with Crippen LogP contribution in [-0.2, 0) is 9.59 Å². The van der Waals surface area contributed by atoms with Gasteiger partial charge in [0.1, 0.15) is 5.75 Å². The summed E-state index contributed by atoms with van der Waals surface area (Å²) in [6.07, 6.45) is 4.42. The Morgan fingerprint density at radius 1 is 1.18 bits per heavy atom. The van der Waals surface area contributed by atoms with Crippen LogP contribution in [0, 0.1) is 0 Å². The summed E-state index contributed by atoms with van der Waals surface area (Å²) in [5.74, 6) is 1.11. The average molecular weight is 381 g/mol. The van der Waals surface area contributed by atoms with Gasteiger partial charge in [0, 0.05) is 11.6 Å². The zero-order valence-corrected chi connectivity index (χ0v) is 15.2. The highest BCUT2D eigenvalue weighted by molar-refractivity contribution is 5.94. The first kappa shape index (κ1) is 19.0. The van der Waals surface area contributed by atoms with Crippen LogP contribution in [-0.4, -0.2) is 38.5 Å². The summed E-state index contributed by atoms with van der Waals surface area (Å²) >= 11 is 0. The third-order valence-corrected chi connectivity index (χ3v) is 3.78. The monoisotopic (exact) mass is 381 g/mol. The summed E-state index contributed by atoms with van der Waals surface area (Å²) in [6, 6.07) is 12.6. The zero-order valence-electron chi connectivity index (χ0n) is 15.2. The molecule has 0 aliphatic carbocycles. The molecule has 2 N–H and O–H groups in total. The Balaban J connectivity index is 1.43. The second-order valence-electron chi connectivity index (χ2n) is 5.70. The predicted molar refractivity (Wildman–Crippen MR) is 103 cm³/mol. The highest BCUT2D eigenvalue weighted by Crippen LogP contribution is 2.31. The Hall–Kier alpha value is -3.81.